The van der Waals surface area contributed by atoms with Crippen LogP contribution in [-0.4, -0.2) is 33.2 Å². The van der Waals surface area contributed by atoms with Gasteiger partial charge in [-0.05, 0) is 25.5 Å². The second-order valence-electron chi connectivity index (χ2n) is 6.49. The molecule has 0 aliphatic carbocycles. The molecule has 11 heteroatoms. The van der Waals surface area contributed by atoms with Crippen LogP contribution in [0.5, 0.6) is 0 Å². The fraction of sp³-hybridized carbons (Fsp3) is 0.316. The summed E-state index contributed by atoms with van der Waals surface area (Å²) >= 11 is 12.6. The van der Waals surface area contributed by atoms with Crippen molar-refractivity contribution in [1.82, 2.24) is 19.5 Å². The fourth-order valence-corrected chi connectivity index (χ4v) is 3.50. The first-order valence-corrected chi connectivity index (χ1v) is 9.79. The van der Waals surface area contributed by atoms with Gasteiger partial charge in [-0.25, -0.2) is 15.0 Å². The lowest BCUT2D eigenvalue weighted by molar-refractivity contribution is 0.189. The standard InChI is InChI=1S/C19H19Cl2N7O2/c1-10(26-17-11(8-22)16(23)24-9-25-17)18-27-15-13(21)5-4-12(20)14(15)19(29)28(18)6-3-7-30-2/h4-5,9-10H,3,6-7H2,1-2H3,(H3,23,24,25,26). The fourth-order valence-electron chi connectivity index (χ4n) is 3.07. The van der Waals surface area contributed by atoms with Crippen LogP contribution in [0.15, 0.2) is 23.3 Å². The van der Waals surface area contributed by atoms with E-state index < -0.39 is 6.04 Å². The van der Waals surface area contributed by atoms with Gasteiger partial charge in [-0.1, -0.05) is 23.2 Å². The quantitative estimate of drug-likeness (QED) is 0.527. The van der Waals surface area contributed by atoms with Crippen molar-refractivity contribution in [2.45, 2.75) is 25.9 Å². The molecule has 0 fully saturated rings. The van der Waals surface area contributed by atoms with Gasteiger partial charge in [-0.3, -0.25) is 9.36 Å². The van der Waals surface area contributed by atoms with E-state index in [1.54, 1.807) is 26.2 Å². The van der Waals surface area contributed by atoms with E-state index in [-0.39, 0.29) is 33.2 Å². The van der Waals surface area contributed by atoms with Crippen molar-refractivity contribution in [3.05, 3.63) is 50.2 Å². The topological polar surface area (TPSA) is 132 Å². The Balaban J connectivity index is 2.14. The minimum Gasteiger partial charge on any atom is -0.385 e. The lowest BCUT2D eigenvalue weighted by atomic mass is 10.2. The Labute approximate surface area is 182 Å². The van der Waals surface area contributed by atoms with Crippen molar-refractivity contribution >= 4 is 45.7 Å². The number of nitrogens with one attached hydrogen (secondary N) is 1. The second-order valence-corrected chi connectivity index (χ2v) is 7.30. The van der Waals surface area contributed by atoms with Gasteiger partial charge in [0.15, 0.2) is 0 Å². The van der Waals surface area contributed by atoms with E-state index in [9.17, 15) is 10.1 Å². The van der Waals surface area contributed by atoms with Gasteiger partial charge in [0.2, 0.25) is 0 Å². The normalized spacial score (nSPS) is 12.0. The van der Waals surface area contributed by atoms with E-state index in [0.717, 1.165) is 0 Å². The molecule has 9 nitrogen and oxygen atoms in total. The number of anilines is 2. The number of aromatic nitrogens is 4. The number of hydrogen-bond donors (Lipinski definition) is 2. The largest absolute Gasteiger partial charge is 0.385 e. The number of nitrogen functional groups attached to an aromatic ring is 1. The predicted molar refractivity (Wildman–Crippen MR) is 116 cm³/mol. The molecule has 156 valence electrons. The number of methoxy groups -OCH3 is 1. The van der Waals surface area contributed by atoms with Crippen molar-refractivity contribution in [2.24, 2.45) is 0 Å². The first kappa shape index (κ1) is 21.8. The van der Waals surface area contributed by atoms with Gasteiger partial charge in [0, 0.05) is 20.3 Å². The monoisotopic (exact) mass is 447 g/mol. The number of hydrogen-bond acceptors (Lipinski definition) is 8. The molecule has 0 radical (unpaired) electrons. The van der Waals surface area contributed by atoms with E-state index in [0.29, 0.717) is 35.9 Å². The van der Waals surface area contributed by atoms with Gasteiger partial charge in [0.25, 0.3) is 5.56 Å². The highest BCUT2D eigenvalue weighted by molar-refractivity contribution is 6.39. The Morgan fingerprint density at radius 2 is 2.07 bits per heavy atom. The molecule has 3 aromatic rings. The molecule has 0 bridgehead atoms. The minimum absolute atomic E-state index is 0.0565. The van der Waals surface area contributed by atoms with E-state index in [1.807, 2.05) is 6.07 Å². The lowest BCUT2D eigenvalue weighted by Crippen LogP contribution is -2.29. The lowest BCUT2D eigenvalue weighted by Gasteiger charge is -2.21. The summed E-state index contributed by atoms with van der Waals surface area (Å²) in [5.74, 6) is 0.710. The van der Waals surface area contributed by atoms with Gasteiger partial charge in [0.05, 0.1) is 27.0 Å². The maximum Gasteiger partial charge on any atom is 0.263 e. The van der Waals surface area contributed by atoms with Crippen LogP contribution >= 0.6 is 23.2 Å². The molecule has 2 heterocycles. The maximum absolute atomic E-state index is 13.3. The zero-order valence-corrected chi connectivity index (χ0v) is 17.8. The summed E-state index contributed by atoms with van der Waals surface area (Å²) in [7, 11) is 1.59. The molecule has 1 unspecified atom stereocenters. The zero-order valence-electron chi connectivity index (χ0n) is 16.3. The Kier molecular flexibility index (Phi) is 6.72. The molecule has 1 atom stereocenters. The third-order valence-corrected chi connectivity index (χ3v) is 5.12. The van der Waals surface area contributed by atoms with Crippen molar-refractivity contribution < 1.29 is 4.74 Å². The number of nitrogens with zero attached hydrogens (tertiary/aromatic N) is 5. The van der Waals surface area contributed by atoms with Gasteiger partial charge >= 0.3 is 0 Å². The summed E-state index contributed by atoms with van der Waals surface area (Å²) in [6, 6.07) is 4.63. The number of halogens is 2. The van der Waals surface area contributed by atoms with E-state index in [2.05, 4.69) is 20.3 Å². The molecule has 30 heavy (non-hydrogen) atoms. The summed E-state index contributed by atoms with van der Waals surface area (Å²) in [6.07, 6.45) is 1.84. The highest BCUT2D eigenvalue weighted by Gasteiger charge is 2.21. The Morgan fingerprint density at radius 1 is 1.33 bits per heavy atom. The van der Waals surface area contributed by atoms with Crippen molar-refractivity contribution in [3.63, 3.8) is 0 Å². The van der Waals surface area contributed by atoms with Crippen molar-refractivity contribution in [2.75, 3.05) is 24.8 Å². The predicted octanol–water partition coefficient (Wildman–Crippen LogP) is 3.16. The van der Waals surface area contributed by atoms with Gasteiger partial charge in [-0.15, -0.1) is 0 Å². The molecule has 0 saturated carbocycles. The van der Waals surface area contributed by atoms with Gasteiger partial charge in [0.1, 0.15) is 35.4 Å². The molecule has 2 aromatic heterocycles. The Bertz CT molecular complexity index is 1190. The maximum atomic E-state index is 13.3. The molecule has 3 rings (SSSR count). The van der Waals surface area contributed by atoms with Crippen LogP contribution in [0.25, 0.3) is 10.9 Å². The van der Waals surface area contributed by atoms with Crippen LogP contribution < -0.4 is 16.6 Å². The average Bonchev–Trinajstić information content (AvgIpc) is 2.72. The summed E-state index contributed by atoms with van der Waals surface area (Å²) in [4.78, 5) is 25.8. The SMILES string of the molecule is COCCCn1c(C(C)Nc2ncnc(N)c2C#N)nc2c(Cl)ccc(Cl)c2c1=O. The Morgan fingerprint density at radius 3 is 2.77 bits per heavy atom. The highest BCUT2D eigenvalue weighted by atomic mass is 35.5. The smallest absolute Gasteiger partial charge is 0.263 e. The molecule has 0 saturated heterocycles. The molecular formula is C19H19Cl2N7O2. The van der Waals surface area contributed by atoms with Gasteiger partial charge in [-0.2, -0.15) is 5.26 Å². The first-order chi connectivity index (χ1) is 14.4. The summed E-state index contributed by atoms with van der Waals surface area (Å²) in [6.45, 7) is 2.62. The van der Waals surface area contributed by atoms with E-state index in [1.165, 1.54) is 10.9 Å². The van der Waals surface area contributed by atoms with Crippen LogP contribution in [-0.2, 0) is 11.3 Å². The molecule has 1 aromatic carbocycles. The molecule has 3 N–H and O–H groups in total. The average molecular weight is 448 g/mol. The van der Waals surface area contributed by atoms with Crippen LogP contribution in [0, 0.1) is 11.3 Å². The number of rotatable bonds is 7. The highest BCUT2D eigenvalue weighted by Crippen LogP contribution is 2.28. The number of ether oxygens (including phenoxy) is 1. The first-order valence-electron chi connectivity index (χ1n) is 9.03. The van der Waals surface area contributed by atoms with Gasteiger partial charge < -0.3 is 15.8 Å². The van der Waals surface area contributed by atoms with Crippen molar-refractivity contribution in [3.8, 4) is 6.07 Å². The molecule has 0 spiro atoms. The number of benzene rings is 1. The summed E-state index contributed by atoms with van der Waals surface area (Å²) in [5.41, 5.74) is 5.87. The van der Waals surface area contributed by atoms with Crippen LogP contribution in [0.2, 0.25) is 10.0 Å². The summed E-state index contributed by atoms with van der Waals surface area (Å²) in [5, 5.41) is 13.3. The van der Waals surface area contributed by atoms with Crippen molar-refractivity contribution in [1.29, 1.82) is 5.26 Å². The number of nitrogens with two attached hydrogens (primary N) is 1. The summed E-state index contributed by atoms with van der Waals surface area (Å²) < 4.78 is 6.63. The minimum atomic E-state index is -0.513. The number of nitriles is 1. The molecule has 0 aliphatic heterocycles. The number of fused-ring (bicyclic) bond motifs is 1. The van der Waals surface area contributed by atoms with Crippen LogP contribution in [0.3, 0.4) is 0 Å². The molecule has 0 aliphatic rings. The Hall–Kier alpha value is -2.93. The zero-order chi connectivity index (χ0) is 21.8. The third-order valence-electron chi connectivity index (χ3n) is 4.50. The van der Waals surface area contributed by atoms with Crippen LogP contribution in [0.4, 0.5) is 11.6 Å². The third kappa shape index (κ3) is 4.16. The second kappa shape index (κ2) is 9.26. The molecular weight excluding hydrogens is 429 g/mol. The van der Waals surface area contributed by atoms with E-state index in [4.69, 9.17) is 33.7 Å². The molecule has 0 amide bonds. The van der Waals surface area contributed by atoms with Crippen LogP contribution in [0.1, 0.15) is 30.8 Å². The van der Waals surface area contributed by atoms with E-state index >= 15 is 0 Å².